The molecule has 7 nitrogen and oxygen atoms in total. The zero-order valence-electron chi connectivity index (χ0n) is 18.0. The minimum Gasteiger partial charge on any atom is -0.468 e. The van der Waals surface area contributed by atoms with Crippen LogP contribution in [-0.4, -0.2) is 30.6 Å². The fourth-order valence-corrected chi connectivity index (χ4v) is 4.51. The molecule has 2 aromatic rings. The molecule has 164 valence electrons. The minimum absolute atomic E-state index is 0.0149. The maximum absolute atomic E-state index is 12.8. The first kappa shape index (κ1) is 23.1. The number of thioether (sulfide) groups is 1. The van der Waals surface area contributed by atoms with Crippen molar-refractivity contribution in [3.05, 3.63) is 75.8 Å². The molecular formula is C24H23N3O4S. The van der Waals surface area contributed by atoms with Gasteiger partial charge in [0.25, 0.3) is 0 Å². The number of anilines is 1. The van der Waals surface area contributed by atoms with Crippen molar-refractivity contribution in [3.63, 3.8) is 0 Å². The van der Waals surface area contributed by atoms with Crippen LogP contribution in [0.4, 0.5) is 5.69 Å². The van der Waals surface area contributed by atoms with Crippen molar-refractivity contribution in [2.75, 3.05) is 18.2 Å². The fraction of sp³-hybridized carbons (Fsp3) is 0.250. The summed E-state index contributed by atoms with van der Waals surface area (Å²) in [5.74, 6) is -3.56. The molecule has 3 rings (SSSR count). The summed E-state index contributed by atoms with van der Waals surface area (Å²) in [5, 5.41) is 15.7. The van der Waals surface area contributed by atoms with Crippen LogP contribution in [0.2, 0.25) is 0 Å². The summed E-state index contributed by atoms with van der Waals surface area (Å²) in [4.78, 5) is 37.8. The number of ether oxygens (including phenoxy) is 1. The van der Waals surface area contributed by atoms with E-state index in [4.69, 9.17) is 4.74 Å². The SMILES string of the molecule is COC(=O)[C@H]1C(=O)NC(SCC(=O)Nc2c(C)cccc2C)=C(C#N)[C@@H]1c1ccccc1. The molecule has 2 atom stereocenters. The Hall–Kier alpha value is -3.57. The van der Waals surface area contributed by atoms with Crippen molar-refractivity contribution in [2.45, 2.75) is 19.8 Å². The third-order valence-corrected chi connectivity index (χ3v) is 6.25. The van der Waals surface area contributed by atoms with Gasteiger partial charge in [-0.15, -0.1) is 0 Å². The second-order valence-corrected chi connectivity index (χ2v) is 8.32. The molecule has 0 saturated heterocycles. The number of esters is 1. The zero-order chi connectivity index (χ0) is 23.3. The number of rotatable bonds is 6. The van der Waals surface area contributed by atoms with Gasteiger partial charge >= 0.3 is 5.97 Å². The monoisotopic (exact) mass is 449 g/mol. The van der Waals surface area contributed by atoms with Crippen LogP contribution in [-0.2, 0) is 19.1 Å². The van der Waals surface area contributed by atoms with Crippen molar-refractivity contribution in [2.24, 2.45) is 5.92 Å². The quantitative estimate of drug-likeness (QED) is 0.517. The van der Waals surface area contributed by atoms with Gasteiger partial charge in [0.15, 0.2) is 0 Å². The fourth-order valence-electron chi connectivity index (χ4n) is 3.66. The molecule has 0 radical (unpaired) electrons. The molecule has 0 fully saturated rings. The van der Waals surface area contributed by atoms with Crippen LogP contribution >= 0.6 is 11.8 Å². The summed E-state index contributed by atoms with van der Waals surface area (Å²) in [6.45, 7) is 3.82. The smallest absolute Gasteiger partial charge is 0.319 e. The van der Waals surface area contributed by atoms with Crippen LogP contribution in [0.3, 0.4) is 0 Å². The van der Waals surface area contributed by atoms with Crippen LogP contribution in [0.25, 0.3) is 0 Å². The lowest BCUT2D eigenvalue weighted by molar-refractivity contribution is -0.150. The topological polar surface area (TPSA) is 108 Å². The lowest BCUT2D eigenvalue weighted by atomic mass is 9.78. The van der Waals surface area contributed by atoms with E-state index in [9.17, 15) is 19.6 Å². The first-order valence-electron chi connectivity index (χ1n) is 9.94. The second-order valence-electron chi connectivity index (χ2n) is 7.34. The van der Waals surface area contributed by atoms with Crippen molar-refractivity contribution in [3.8, 4) is 6.07 Å². The molecule has 2 aromatic carbocycles. The molecule has 1 aliphatic heterocycles. The van der Waals surface area contributed by atoms with Gasteiger partial charge < -0.3 is 15.4 Å². The molecule has 0 spiro atoms. The average molecular weight is 450 g/mol. The van der Waals surface area contributed by atoms with Gasteiger partial charge in [0.05, 0.1) is 29.5 Å². The Kier molecular flexibility index (Phi) is 7.33. The lowest BCUT2D eigenvalue weighted by Gasteiger charge is -2.30. The number of nitrogens with zero attached hydrogens (tertiary/aromatic N) is 1. The number of hydrogen-bond donors (Lipinski definition) is 2. The Morgan fingerprint density at radius 2 is 1.78 bits per heavy atom. The average Bonchev–Trinajstić information content (AvgIpc) is 2.79. The number of aryl methyl sites for hydroxylation is 2. The molecule has 1 heterocycles. The van der Waals surface area contributed by atoms with Gasteiger partial charge in [-0.05, 0) is 30.5 Å². The van der Waals surface area contributed by atoms with Crippen LogP contribution in [0.1, 0.15) is 22.6 Å². The minimum atomic E-state index is -1.19. The van der Waals surface area contributed by atoms with E-state index in [1.165, 1.54) is 7.11 Å². The maximum atomic E-state index is 12.8. The molecule has 8 heteroatoms. The van der Waals surface area contributed by atoms with Crippen LogP contribution in [0, 0.1) is 31.1 Å². The lowest BCUT2D eigenvalue weighted by Crippen LogP contribution is -2.44. The zero-order valence-corrected chi connectivity index (χ0v) is 18.8. The van der Waals surface area contributed by atoms with Crippen molar-refractivity contribution in [1.82, 2.24) is 5.32 Å². The molecule has 0 saturated carbocycles. The Morgan fingerprint density at radius 3 is 2.38 bits per heavy atom. The summed E-state index contributed by atoms with van der Waals surface area (Å²) in [7, 11) is 1.20. The van der Waals surface area contributed by atoms with Gasteiger partial charge in [0.2, 0.25) is 11.8 Å². The van der Waals surface area contributed by atoms with Crippen LogP contribution in [0.5, 0.6) is 0 Å². The predicted molar refractivity (Wildman–Crippen MR) is 122 cm³/mol. The van der Waals surface area contributed by atoms with E-state index in [0.717, 1.165) is 28.6 Å². The van der Waals surface area contributed by atoms with E-state index in [1.807, 2.05) is 38.1 Å². The third kappa shape index (κ3) is 4.84. The summed E-state index contributed by atoms with van der Waals surface area (Å²) in [6.07, 6.45) is 0. The first-order valence-corrected chi connectivity index (χ1v) is 10.9. The molecule has 0 aliphatic carbocycles. The highest BCUT2D eigenvalue weighted by molar-refractivity contribution is 8.03. The van der Waals surface area contributed by atoms with E-state index in [1.54, 1.807) is 24.3 Å². The molecule has 0 aromatic heterocycles. The van der Waals surface area contributed by atoms with Gasteiger partial charge in [0.1, 0.15) is 5.92 Å². The molecule has 32 heavy (non-hydrogen) atoms. The maximum Gasteiger partial charge on any atom is 0.319 e. The van der Waals surface area contributed by atoms with Gasteiger partial charge in [-0.2, -0.15) is 5.26 Å². The van der Waals surface area contributed by atoms with Gasteiger partial charge in [-0.25, -0.2) is 0 Å². The van der Waals surface area contributed by atoms with E-state index < -0.39 is 23.7 Å². The summed E-state index contributed by atoms with van der Waals surface area (Å²) in [6, 6.07) is 16.7. The number of amides is 2. The molecule has 0 bridgehead atoms. The Morgan fingerprint density at radius 1 is 1.12 bits per heavy atom. The number of carbonyl (C=O) groups excluding carboxylic acids is 3. The van der Waals surface area contributed by atoms with E-state index in [0.29, 0.717) is 5.56 Å². The highest BCUT2D eigenvalue weighted by atomic mass is 32.2. The molecule has 1 aliphatic rings. The van der Waals surface area contributed by atoms with E-state index >= 15 is 0 Å². The highest BCUT2D eigenvalue weighted by Gasteiger charge is 2.44. The number of nitriles is 1. The highest BCUT2D eigenvalue weighted by Crippen LogP contribution is 2.40. The van der Waals surface area contributed by atoms with Crippen molar-refractivity contribution >= 4 is 35.2 Å². The van der Waals surface area contributed by atoms with E-state index in [-0.39, 0.29) is 22.3 Å². The summed E-state index contributed by atoms with van der Waals surface area (Å²) >= 11 is 1.05. The van der Waals surface area contributed by atoms with Crippen molar-refractivity contribution < 1.29 is 19.1 Å². The molecule has 2 N–H and O–H groups in total. The van der Waals surface area contributed by atoms with Gasteiger partial charge in [-0.1, -0.05) is 60.3 Å². The van der Waals surface area contributed by atoms with Gasteiger partial charge in [-0.3, -0.25) is 14.4 Å². The molecule has 2 amide bonds. The predicted octanol–water partition coefficient (Wildman–Crippen LogP) is 3.41. The second kappa shape index (κ2) is 10.2. The number of para-hydroxylation sites is 1. The van der Waals surface area contributed by atoms with Crippen molar-refractivity contribution in [1.29, 1.82) is 5.26 Å². The van der Waals surface area contributed by atoms with Crippen LogP contribution in [0.15, 0.2) is 59.1 Å². The Bertz CT molecular complexity index is 1100. The normalized spacial score (nSPS) is 17.9. The standard InChI is InChI=1S/C24H23N3O4S/c1-14-8-7-9-15(2)21(14)26-18(28)13-32-23-17(12-25)19(16-10-5-4-6-11-16)20(22(29)27-23)24(30)31-3/h4-11,19-20H,13H2,1-3H3,(H,26,28)(H,27,29)/t19-,20+/m0/s1. The number of methoxy groups -OCH3 is 1. The molecular weight excluding hydrogens is 426 g/mol. The number of nitrogens with one attached hydrogen (secondary N) is 2. The van der Waals surface area contributed by atoms with Gasteiger partial charge in [0, 0.05) is 11.6 Å². The third-order valence-electron chi connectivity index (χ3n) is 5.24. The number of allylic oxidation sites excluding steroid dienone is 1. The number of carbonyl (C=O) groups is 3. The first-order chi connectivity index (χ1) is 15.4. The number of benzene rings is 2. The largest absolute Gasteiger partial charge is 0.468 e. The summed E-state index contributed by atoms with van der Waals surface area (Å²) < 4.78 is 4.82. The summed E-state index contributed by atoms with van der Waals surface area (Å²) in [5.41, 5.74) is 3.49. The Labute approximate surface area is 190 Å². The Balaban J connectivity index is 1.88. The number of hydrogen-bond acceptors (Lipinski definition) is 6. The van der Waals surface area contributed by atoms with Crippen LogP contribution < -0.4 is 10.6 Å². The van der Waals surface area contributed by atoms with E-state index in [2.05, 4.69) is 16.7 Å². The molecule has 0 unspecified atom stereocenters.